The fourth-order valence-corrected chi connectivity index (χ4v) is 3.89. The molecule has 2 amide bonds. The van der Waals surface area contributed by atoms with Crippen LogP contribution in [-0.4, -0.2) is 26.2 Å². The Labute approximate surface area is 169 Å². The first kappa shape index (κ1) is 19.0. The summed E-state index contributed by atoms with van der Waals surface area (Å²) in [6, 6.07) is 9.79. The largest absolute Gasteiger partial charge is 0.345 e. The van der Waals surface area contributed by atoms with Crippen LogP contribution in [0.5, 0.6) is 0 Å². The lowest BCUT2D eigenvalue weighted by molar-refractivity contribution is -0.116. The zero-order valence-corrected chi connectivity index (χ0v) is 17.1. The smallest absolute Gasteiger partial charge is 0.257 e. The van der Waals surface area contributed by atoms with Crippen LogP contribution in [0.2, 0.25) is 0 Å². The second kappa shape index (κ2) is 7.24. The first-order valence-electron chi connectivity index (χ1n) is 9.76. The summed E-state index contributed by atoms with van der Waals surface area (Å²) in [6.07, 6.45) is 2.82. The number of fused-ring (bicyclic) bond motifs is 1. The lowest BCUT2D eigenvalue weighted by Gasteiger charge is -2.20. The van der Waals surface area contributed by atoms with Gasteiger partial charge in [-0.25, -0.2) is 0 Å². The van der Waals surface area contributed by atoms with Crippen LogP contribution >= 0.6 is 0 Å². The van der Waals surface area contributed by atoms with E-state index in [0.717, 1.165) is 34.0 Å². The molecule has 1 aliphatic rings. The normalized spacial score (nSPS) is 14.3. The molecule has 0 bridgehead atoms. The van der Waals surface area contributed by atoms with Gasteiger partial charge in [0.25, 0.3) is 5.91 Å². The minimum absolute atomic E-state index is 0.0475. The summed E-state index contributed by atoms with van der Waals surface area (Å²) in [5.74, 6) is 0.633. The molecule has 150 valence electrons. The summed E-state index contributed by atoms with van der Waals surface area (Å²) in [5, 5.41) is 10.3. The van der Waals surface area contributed by atoms with Gasteiger partial charge in [0.15, 0.2) is 0 Å². The second-order valence-corrected chi connectivity index (χ2v) is 7.62. The molecule has 4 rings (SSSR count). The van der Waals surface area contributed by atoms with Crippen molar-refractivity contribution in [2.24, 2.45) is 7.05 Å². The lowest BCUT2D eigenvalue weighted by Crippen LogP contribution is -2.28. The molecule has 29 heavy (non-hydrogen) atoms. The van der Waals surface area contributed by atoms with Crippen molar-refractivity contribution in [3.05, 3.63) is 64.6 Å². The summed E-state index contributed by atoms with van der Waals surface area (Å²) in [6.45, 7) is 5.98. The van der Waals surface area contributed by atoms with E-state index >= 15 is 0 Å². The Kier molecular flexibility index (Phi) is 4.74. The van der Waals surface area contributed by atoms with Crippen LogP contribution in [0.3, 0.4) is 0 Å². The van der Waals surface area contributed by atoms with Gasteiger partial charge in [0, 0.05) is 30.5 Å². The molecule has 1 atom stereocenters. The number of aryl methyl sites for hydroxylation is 4. The number of hydrogen-bond acceptors (Lipinski definition) is 3. The number of hydrogen-bond donors (Lipinski definition) is 2. The van der Waals surface area contributed by atoms with Crippen molar-refractivity contribution in [2.45, 2.75) is 39.7 Å². The van der Waals surface area contributed by atoms with E-state index in [1.54, 1.807) is 10.9 Å². The summed E-state index contributed by atoms with van der Waals surface area (Å²) in [5.41, 5.74) is 5.59. The molecule has 0 spiro atoms. The van der Waals surface area contributed by atoms with Gasteiger partial charge in [-0.2, -0.15) is 5.10 Å². The first-order valence-corrected chi connectivity index (χ1v) is 9.76. The number of amides is 2. The fraction of sp³-hybridized carbons (Fsp3) is 0.318. The molecular weight excluding hydrogens is 366 g/mol. The standard InChI is InChI=1S/C22H25N5O2/c1-13-5-6-14(2)27(13)22-18(12-23-26(22)4)21(29)24-15(3)16-7-9-19-17(11-16)8-10-20(28)25-19/h5-7,9,11-12,15H,8,10H2,1-4H3,(H,24,29)(H,25,28)/t15-/m0/s1. The molecule has 7 nitrogen and oxygen atoms in total. The highest BCUT2D eigenvalue weighted by molar-refractivity contribution is 5.97. The van der Waals surface area contributed by atoms with Gasteiger partial charge in [-0.3, -0.25) is 14.3 Å². The monoisotopic (exact) mass is 391 g/mol. The van der Waals surface area contributed by atoms with Gasteiger partial charge in [0.1, 0.15) is 11.4 Å². The Bertz CT molecular complexity index is 1090. The predicted molar refractivity (Wildman–Crippen MR) is 111 cm³/mol. The third-order valence-corrected chi connectivity index (χ3v) is 5.51. The summed E-state index contributed by atoms with van der Waals surface area (Å²) in [4.78, 5) is 24.6. The SMILES string of the molecule is Cc1ccc(C)n1-c1c(C(=O)N[C@@H](C)c2ccc3c(c2)CCC(=O)N3)cnn1C. The van der Waals surface area contributed by atoms with E-state index < -0.39 is 0 Å². The minimum atomic E-state index is -0.176. The van der Waals surface area contributed by atoms with Gasteiger partial charge in [0.05, 0.1) is 12.2 Å². The van der Waals surface area contributed by atoms with Gasteiger partial charge in [-0.05, 0) is 56.5 Å². The van der Waals surface area contributed by atoms with Gasteiger partial charge in [-0.15, -0.1) is 0 Å². The fourth-order valence-electron chi connectivity index (χ4n) is 3.89. The molecule has 2 N–H and O–H groups in total. The Hall–Kier alpha value is -3.35. The van der Waals surface area contributed by atoms with Crippen LogP contribution in [0, 0.1) is 13.8 Å². The number of nitrogens with one attached hydrogen (secondary N) is 2. The van der Waals surface area contributed by atoms with E-state index in [9.17, 15) is 9.59 Å². The lowest BCUT2D eigenvalue weighted by atomic mass is 9.97. The van der Waals surface area contributed by atoms with Gasteiger partial charge in [0.2, 0.25) is 5.91 Å². The molecule has 3 heterocycles. The number of rotatable bonds is 4. The number of aromatic nitrogens is 3. The van der Waals surface area contributed by atoms with Crippen molar-refractivity contribution in [3.8, 4) is 5.82 Å². The van der Waals surface area contributed by atoms with Gasteiger partial charge < -0.3 is 15.2 Å². The summed E-state index contributed by atoms with van der Waals surface area (Å²) < 4.78 is 3.76. The van der Waals surface area contributed by atoms with E-state index in [4.69, 9.17) is 0 Å². The Morgan fingerprint density at radius 2 is 1.90 bits per heavy atom. The molecule has 2 aromatic heterocycles. The van der Waals surface area contributed by atoms with E-state index in [2.05, 4.69) is 21.8 Å². The molecule has 0 unspecified atom stereocenters. The average Bonchev–Trinajstić information content (AvgIpc) is 3.22. The van der Waals surface area contributed by atoms with E-state index in [1.165, 1.54) is 0 Å². The molecule has 7 heteroatoms. The van der Waals surface area contributed by atoms with E-state index in [1.807, 2.05) is 56.7 Å². The van der Waals surface area contributed by atoms with Crippen LogP contribution in [-0.2, 0) is 18.3 Å². The van der Waals surface area contributed by atoms with Crippen molar-refractivity contribution in [1.29, 1.82) is 0 Å². The van der Waals surface area contributed by atoms with Crippen LogP contribution in [0.15, 0.2) is 36.5 Å². The zero-order chi connectivity index (χ0) is 20.7. The van der Waals surface area contributed by atoms with Crippen LogP contribution in [0.1, 0.15) is 52.3 Å². The minimum Gasteiger partial charge on any atom is -0.345 e. The zero-order valence-electron chi connectivity index (χ0n) is 17.1. The van der Waals surface area contributed by atoms with Gasteiger partial charge in [-0.1, -0.05) is 12.1 Å². The maximum absolute atomic E-state index is 13.1. The Balaban J connectivity index is 1.59. The topological polar surface area (TPSA) is 81.0 Å². The molecule has 1 aromatic carbocycles. The number of anilines is 1. The predicted octanol–water partition coefficient (Wildman–Crippen LogP) is 3.20. The quantitative estimate of drug-likeness (QED) is 0.717. The molecule has 1 aliphatic heterocycles. The Morgan fingerprint density at radius 3 is 2.62 bits per heavy atom. The summed E-state index contributed by atoms with van der Waals surface area (Å²) >= 11 is 0. The molecule has 0 saturated carbocycles. The number of carbonyl (C=O) groups is 2. The molecule has 0 saturated heterocycles. The molecule has 3 aromatic rings. The van der Waals surface area contributed by atoms with Crippen molar-refractivity contribution in [2.75, 3.05) is 5.32 Å². The Morgan fingerprint density at radius 1 is 1.17 bits per heavy atom. The highest BCUT2D eigenvalue weighted by Crippen LogP contribution is 2.27. The average molecular weight is 391 g/mol. The maximum atomic E-state index is 13.1. The second-order valence-electron chi connectivity index (χ2n) is 7.62. The van der Waals surface area contributed by atoms with Crippen molar-refractivity contribution >= 4 is 17.5 Å². The molecule has 0 aliphatic carbocycles. The number of benzene rings is 1. The number of carbonyl (C=O) groups excluding carboxylic acids is 2. The molecule has 0 radical (unpaired) electrons. The molecule has 0 fully saturated rings. The highest BCUT2D eigenvalue weighted by Gasteiger charge is 2.22. The maximum Gasteiger partial charge on any atom is 0.257 e. The third kappa shape index (κ3) is 3.44. The highest BCUT2D eigenvalue weighted by atomic mass is 16.2. The van der Waals surface area contributed by atoms with Gasteiger partial charge >= 0.3 is 0 Å². The van der Waals surface area contributed by atoms with Crippen molar-refractivity contribution < 1.29 is 9.59 Å². The number of nitrogens with zero attached hydrogens (tertiary/aromatic N) is 3. The van der Waals surface area contributed by atoms with Crippen LogP contribution in [0.25, 0.3) is 5.82 Å². The van der Waals surface area contributed by atoms with E-state index in [0.29, 0.717) is 18.4 Å². The van der Waals surface area contributed by atoms with E-state index in [-0.39, 0.29) is 17.9 Å². The van der Waals surface area contributed by atoms with Crippen LogP contribution in [0.4, 0.5) is 5.69 Å². The molecular formula is C22H25N5O2. The van der Waals surface area contributed by atoms with Crippen molar-refractivity contribution in [3.63, 3.8) is 0 Å². The first-order chi connectivity index (χ1) is 13.8. The third-order valence-electron chi connectivity index (χ3n) is 5.51. The van der Waals surface area contributed by atoms with Crippen LogP contribution < -0.4 is 10.6 Å². The van der Waals surface area contributed by atoms with Crippen molar-refractivity contribution in [1.82, 2.24) is 19.7 Å². The summed E-state index contributed by atoms with van der Waals surface area (Å²) in [7, 11) is 1.84.